The Kier molecular flexibility index (Phi) is 6.43. The molecule has 0 spiro atoms. The molecule has 0 atom stereocenters. The zero-order valence-electron chi connectivity index (χ0n) is 15.3. The van der Waals surface area contributed by atoms with Crippen LogP contribution in [0.5, 0.6) is 0 Å². The van der Waals surface area contributed by atoms with E-state index in [1.807, 2.05) is 0 Å². The summed E-state index contributed by atoms with van der Waals surface area (Å²) in [5.74, 6) is 0.651. The summed E-state index contributed by atoms with van der Waals surface area (Å²) in [5.41, 5.74) is 1.37. The van der Waals surface area contributed by atoms with Crippen LogP contribution in [-0.4, -0.2) is 34.4 Å². The zero-order chi connectivity index (χ0) is 16.9. The molecule has 1 aromatic rings. The topological polar surface area (TPSA) is 27.7 Å². The molecular weight excluding hydrogens is 304 g/mol. The molecule has 0 unspecified atom stereocenters. The summed E-state index contributed by atoms with van der Waals surface area (Å²) in [5, 5.41) is 0. The zero-order valence-corrected chi connectivity index (χ0v) is 16.3. The van der Waals surface area contributed by atoms with Crippen molar-refractivity contribution >= 4 is 8.32 Å². The monoisotopic (exact) mass is 336 g/mol. The Hall–Kier alpha value is -0.683. The van der Waals surface area contributed by atoms with E-state index in [-0.39, 0.29) is 11.9 Å². The van der Waals surface area contributed by atoms with Gasteiger partial charge in [-0.3, -0.25) is 0 Å². The van der Waals surface area contributed by atoms with Gasteiger partial charge >= 0.3 is 0 Å². The SMILES string of the molecule is COC(CC1(O[Si](C)(C)C)CCC(c2ccccc2)CC1)OC. The maximum atomic E-state index is 6.66. The Bertz CT molecular complexity index is 457. The van der Waals surface area contributed by atoms with Crippen LogP contribution in [0.25, 0.3) is 0 Å². The standard InChI is InChI=1S/C19H32O3Si/c1-20-18(21-2)15-19(22-23(3,4)5)13-11-17(12-14-19)16-9-7-6-8-10-16/h6-10,17-18H,11-15H2,1-5H3. The molecule has 0 N–H and O–H groups in total. The fourth-order valence-corrected chi connectivity index (χ4v) is 5.35. The molecule has 0 heterocycles. The normalized spacial score (nSPS) is 25.7. The van der Waals surface area contributed by atoms with Crippen LogP contribution in [0.3, 0.4) is 0 Å². The predicted molar refractivity (Wildman–Crippen MR) is 97.2 cm³/mol. The second-order valence-corrected chi connectivity index (χ2v) is 12.1. The minimum absolute atomic E-state index is 0.0908. The van der Waals surface area contributed by atoms with Crippen molar-refractivity contribution in [3.05, 3.63) is 35.9 Å². The maximum absolute atomic E-state index is 6.66. The summed E-state index contributed by atoms with van der Waals surface area (Å²) in [7, 11) is 1.81. The average Bonchev–Trinajstić information content (AvgIpc) is 2.53. The number of rotatable bonds is 7. The molecule has 3 nitrogen and oxygen atoms in total. The number of ether oxygens (including phenoxy) is 2. The summed E-state index contributed by atoms with van der Waals surface area (Å²) < 4.78 is 17.6. The molecule has 1 fully saturated rings. The van der Waals surface area contributed by atoms with Crippen molar-refractivity contribution < 1.29 is 13.9 Å². The first-order chi connectivity index (χ1) is 10.9. The van der Waals surface area contributed by atoms with E-state index in [0.29, 0.717) is 5.92 Å². The quantitative estimate of drug-likeness (QED) is 0.521. The van der Waals surface area contributed by atoms with Gasteiger partial charge in [0.05, 0.1) is 5.60 Å². The van der Waals surface area contributed by atoms with E-state index in [1.165, 1.54) is 18.4 Å². The van der Waals surface area contributed by atoms with Gasteiger partial charge in [0.15, 0.2) is 14.6 Å². The molecule has 0 bridgehead atoms. The van der Waals surface area contributed by atoms with E-state index in [2.05, 4.69) is 50.0 Å². The highest BCUT2D eigenvalue weighted by Gasteiger charge is 2.41. The first-order valence-electron chi connectivity index (χ1n) is 8.68. The van der Waals surface area contributed by atoms with Crippen LogP contribution >= 0.6 is 0 Å². The molecule has 130 valence electrons. The highest BCUT2D eigenvalue weighted by atomic mass is 28.4. The van der Waals surface area contributed by atoms with E-state index in [9.17, 15) is 0 Å². The first-order valence-corrected chi connectivity index (χ1v) is 12.1. The third-order valence-corrected chi connectivity index (χ3v) is 5.80. The highest BCUT2D eigenvalue weighted by molar-refractivity contribution is 6.69. The number of hydrogen-bond acceptors (Lipinski definition) is 3. The Morgan fingerprint density at radius 2 is 1.61 bits per heavy atom. The van der Waals surface area contributed by atoms with Crippen LogP contribution in [0.15, 0.2) is 30.3 Å². The van der Waals surface area contributed by atoms with Crippen molar-refractivity contribution in [1.82, 2.24) is 0 Å². The summed E-state index contributed by atoms with van der Waals surface area (Å²) >= 11 is 0. The van der Waals surface area contributed by atoms with Crippen molar-refractivity contribution in [1.29, 1.82) is 0 Å². The van der Waals surface area contributed by atoms with Crippen LogP contribution in [0, 0.1) is 0 Å². The van der Waals surface area contributed by atoms with Crippen LogP contribution < -0.4 is 0 Å². The lowest BCUT2D eigenvalue weighted by molar-refractivity contribution is -0.146. The predicted octanol–water partition coefficient (Wildman–Crippen LogP) is 4.94. The molecule has 2 rings (SSSR count). The van der Waals surface area contributed by atoms with Gasteiger partial charge in [-0.2, -0.15) is 0 Å². The van der Waals surface area contributed by atoms with Gasteiger partial charge in [-0.15, -0.1) is 0 Å². The van der Waals surface area contributed by atoms with Gasteiger partial charge in [-0.1, -0.05) is 30.3 Å². The lowest BCUT2D eigenvalue weighted by Gasteiger charge is -2.45. The van der Waals surface area contributed by atoms with Crippen molar-refractivity contribution in [2.45, 2.75) is 69.6 Å². The third-order valence-electron chi connectivity index (χ3n) is 4.75. The minimum atomic E-state index is -1.62. The van der Waals surface area contributed by atoms with Gasteiger partial charge in [0, 0.05) is 20.6 Å². The van der Waals surface area contributed by atoms with E-state index in [1.54, 1.807) is 14.2 Å². The van der Waals surface area contributed by atoms with Gasteiger partial charge < -0.3 is 13.9 Å². The second-order valence-electron chi connectivity index (χ2n) is 7.69. The van der Waals surface area contributed by atoms with Gasteiger partial charge in [0.2, 0.25) is 0 Å². The molecule has 1 aliphatic carbocycles. The molecule has 0 radical (unpaired) electrons. The Balaban J connectivity index is 2.08. The summed E-state index contributed by atoms with van der Waals surface area (Å²) in [6, 6.07) is 10.9. The van der Waals surface area contributed by atoms with E-state index in [4.69, 9.17) is 13.9 Å². The maximum Gasteiger partial charge on any atom is 0.184 e. The van der Waals surface area contributed by atoms with Crippen LogP contribution in [0.1, 0.15) is 43.6 Å². The van der Waals surface area contributed by atoms with Gasteiger partial charge in [0.25, 0.3) is 0 Å². The van der Waals surface area contributed by atoms with Gasteiger partial charge in [-0.25, -0.2) is 0 Å². The molecule has 1 saturated carbocycles. The molecule has 0 amide bonds. The van der Waals surface area contributed by atoms with E-state index < -0.39 is 8.32 Å². The van der Waals surface area contributed by atoms with Crippen molar-refractivity contribution in [2.24, 2.45) is 0 Å². The smallest absolute Gasteiger partial charge is 0.184 e. The minimum Gasteiger partial charge on any atom is -0.412 e. The third kappa shape index (κ3) is 5.42. The Morgan fingerprint density at radius 3 is 2.09 bits per heavy atom. The second kappa shape index (κ2) is 7.93. The summed E-state index contributed by atoms with van der Waals surface area (Å²) in [6.07, 6.45) is 5.16. The largest absolute Gasteiger partial charge is 0.412 e. The number of methoxy groups -OCH3 is 2. The molecule has 23 heavy (non-hydrogen) atoms. The van der Waals surface area contributed by atoms with Gasteiger partial charge in [0.1, 0.15) is 0 Å². The fraction of sp³-hybridized carbons (Fsp3) is 0.684. The number of hydrogen-bond donors (Lipinski definition) is 0. The van der Waals surface area contributed by atoms with Crippen LogP contribution in [-0.2, 0) is 13.9 Å². The molecule has 1 aromatic carbocycles. The Labute approximate surface area is 142 Å². The highest BCUT2D eigenvalue weighted by Crippen LogP contribution is 2.43. The lowest BCUT2D eigenvalue weighted by atomic mass is 9.74. The average molecular weight is 337 g/mol. The van der Waals surface area contributed by atoms with Gasteiger partial charge in [-0.05, 0) is 56.8 Å². The van der Waals surface area contributed by atoms with Crippen LogP contribution in [0.4, 0.5) is 0 Å². The lowest BCUT2D eigenvalue weighted by Crippen LogP contribution is -2.47. The fourth-order valence-electron chi connectivity index (χ4n) is 3.77. The molecule has 4 heteroatoms. The van der Waals surface area contributed by atoms with Crippen molar-refractivity contribution in [2.75, 3.05) is 14.2 Å². The summed E-state index contributed by atoms with van der Waals surface area (Å²) in [4.78, 5) is 0. The van der Waals surface area contributed by atoms with E-state index >= 15 is 0 Å². The molecule has 1 aliphatic rings. The van der Waals surface area contributed by atoms with Crippen molar-refractivity contribution in [3.8, 4) is 0 Å². The summed E-state index contributed by atoms with van der Waals surface area (Å²) in [6.45, 7) is 6.81. The first kappa shape index (κ1) is 18.7. The Morgan fingerprint density at radius 1 is 1.04 bits per heavy atom. The number of benzene rings is 1. The molecule has 0 saturated heterocycles. The van der Waals surface area contributed by atoms with Crippen LogP contribution in [0.2, 0.25) is 19.6 Å². The van der Waals surface area contributed by atoms with E-state index in [0.717, 1.165) is 19.3 Å². The van der Waals surface area contributed by atoms with Crippen molar-refractivity contribution in [3.63, 3.8) is 0 Å². The molecule has 0 aromatic heterocycles. The molecule has 0 aliphatic heterocycles. The molecular formula is C19H32O3Si.